The van der Waals surface area contributed by atoms with E-state index in [1.165, 1.54) is 11.3 Å². The zero-order chi connectivity index (χ0) is 14.5. The van der Waals surface area contributed by atoms with Crippen molar-refractivity contribution in [3.63, 3.8) is 0 Å². The molecule has 3 N–H and O–H groups in total. The average molecular weight is 316 g/mol. The molecule has 110 valence electrons. The van der Waals surface area contributed by atoms with Crippen molar-refractivity contribution >= 4 is 40.5 Å². The van der Waals surface area contributed by atoms with E-state index in [1.807, 2.05) is 10.3 Å². The van der Waals surface area contributed by atoms with Crippen LogP contribution in [0, 0.1) is 0 Å². The molecule has 0 atom stereocenters. The molecule has 0 spiro atoms. The lowest BCUT2D eigenvalue weighted by Gasteiger charge is -2.33. The van der Waals surface area contributed by atoms with E-state index in [9.17, 15) is 4.79 Å². The van der Waals surface area contributed by atoms with E-state index in [4.69, 9.17) is 17.3 Å². The first kappa shape index (κ1) is 15.1. The van der Waals surface area contributed by atoms with Crippen molar-refractivity contribution in [2.24, 2.45) is 10.7 Å². The molecule has 2 rings (SSSR count). The molecule has 1 saturated heterocycles. The lowest BCUT2D eigenvalue weighted by molar-refractivity contribution is -0.130. The monoisotopic (exact) mass is 315 g/mol. The number of nitrogens with zero attached hydrogens (tertiary/aromatic N) is 3. The number of halogens is 1. The summed E-state index contributed by atoms with van der Waals surface area (Å²) >= 11 is 7.28. The highest BCUT2D eigenvalue weighted by Crippen LogP contribution is 2.23. The van der Waals surface area contributed by atoms with Gasteiger partial charge in [0.15, 0.2) is 5.96 Å². The van der Waals surface area contributed by atoms with Gasteiger partial charge in [0, 0.05) is 38.5 Å². The highest BCUT2D eigenvalue weighted by atomic mass is 35.5. The molecule has 0 aromatic carbocycles. The average Bonchev–Trinajstić information content (AvgIpc) is 2.82. The number of carbonyl (C=O) groups excluding carboxylic acids is 1. The molecule has 20 heavy (non-hydrogen) atoms. The van der Waals surface area contributed by atoms with Crippen LogP contribution in [0.4, 0.5) is 5.69 Å². The minimum absolute atomic E-state index is 0.128. The van der Waals surface area contributed by atoms with Crippen molar-refractivity contribution in [3.05, 3.63) is 15.8 Å². The summed E-state index contributed by atoms with van der Waals surface area (Å²) < 4.78 is 0.709. The summed E-state index contributed by atoms with van der Waals surface area (Å²) in [6.07, 6.45) is 0. The predicted molar refractivity (Wildman–Crippen MR) is 83.3 cm³/mol. The van der Waals surface area contributed by atoms with Crippen LogP contribution < -0.4 is 11.1 Å². The van der Waals surface area contributed by atoms with Crippen molar-refractivity contribution in [1.82, 2.24) is 9.80 Å². The van der Waals surface area contributed by atoms with Crippen LogP contribution in [-0.2, 0) is 4.79 Å². The third kappa shape index (κ3) is 4.36. The van der Waals surface area contributed by atoms with Gasteiger partial charge in [0.25, 0.3) is 0 Å². The van der Waals surface area contributed by atoms with Gasteiger partial charge in [-0.25, -0.2) is 4.99 Å². The first-order valence-corrected chi connectivity index (χ1v) is 7.59. The largest absolute Gasteiger partial charge is 0.370 e. The first-order chi connectivity index (χ1) is 9.54. The Balaban J connectivity index is 1.77. The van der Waals surface area contributed by atoms with Crippen molar-refractivity contribution in [1.29, 1.82) is 0 Å². The number of hydrogen-bond acceptors (Lipinski definition) is 4. The molecule has 0 unspecified atom stereocenters. The Hall–Kier alpha value is -1.31. The van der Waals surface area contributed by atoms with E-state index in [1.54, 1.807) is 13.0 Å². The van der Waals surface area contributed by atoms with Gasteiger partial charge in [-0.1, -0.05) is 11.6 Å². The van der Waals surface area contributed by atoms with Gasteiger partial charge >= 0.3 is 0 Å². The fraction of sp³-hybridized carbons (Fsp3) is 0.500. The Morgan fingerprint density at radius 3 is 2.75 bits per heavy atom. The van der Waals surface area contributed by atoms with Gasteiger partial charge in [0.2, 0.25) is 5.91 Å². The van der Waals surface area contributed by atoms with E-state index in [0.29, 0.717) is 17.0 Å². The molecule has 2 heterocycles. The predicted octanol–water partition coefficient (Wildman–Crippen LogP) is 1.25. The van der Waals surface area contributed by atoms with Crippen LogP contribution in [0.25, 0.3) is 0 Å². The van der Waals surface area contributed by atoms with Crippen LogP contribution in [0.1, 0.15) is 6.92 Å². The number of nitrogens with one attached hydrogen (secondary N) is 1. The number of carbonyl (C=O) groups is 1. The third-order valence-corrected chi connectivity index (χ3v) is 4.19. The maximum atomic E-state index is 11.2. The number of rotatable bonds is 3. The minimum Gasteiger partial charge on any atom is -0.370 e. The molecule has 1 amide bonds. The molecular weight excluding hydrogens is 298 g/mol. The summed E-state index contributed by atoms with van der Waals surface area (Å²) in [5, 5.41) is 4.88. The molecule has 0 bridgehead atoms. The Labute approximate surface area is 127 Å². The van der Waals surface area contributed by atoms with Gasteiger partial charge in [-0.05, 0) is 6.07 Å². The number of amides is 1. The number of thiophene rings is 1. The third-order valence-electron chi connectivity index (χ3n) is 3.10. The quantitative estimate of drug-likeness (QED) is 0.650. The number of aliphatic imine (C=N–C) groups is 1. The number of piperazine rings is 1. The Morgan fingerprint density at radius 2 is 2.20 bits per heavy atom. The molecule has 1 aliphatic heterocycles. The second kappa shape index (κ2) is 6.92. The van der Waals surface area contributed by atoms with Gasteiger partial charge in [-0.3, -0.25) is 9.69 Å². The van der Waals surface area contributed by atoms with Gasteiger partial charge < -0.3 is 16.0 Å². The van der Waals surface area contributed by atoms with Gasteiger partial charge in [0.1, 0.15) is 0 Å². The van der Waals surface area contributed by atoms with Crippen molar-refractivity contribution in [2.45, 2.75) is 6.92 Å². The SMILES string of the molecule is CC(=O)N1CCN(CN=C(N)Nc2csc(Cl)c2)CC1. The van der Waals surface area contributed by atoms with Crippen LogP contribution in [0.2, 0.25) is 4.34 Å². The van der Waals surface area contributed by atoms with Gasteiger partial charge in [-0.2, -0.15) is 0 Å². The van der Waals surface area contributed by atoms with Crippen molar-refractivity contribution < 1.29 is 4.79 Å². The fourth-order valence-electron chi connectivity index (χ4n) is 1.94. The molecule has 1 aromatic heterocycles. The van der Waals surface area contributed by atoms with Crippen LogP contribution in [0.3, 0.4) is 0 Å². The highest BCUT2D eigenvalue weighted by molar-refractivity contribution is 7.14. The van der Waals surface area contributed by atoms with E-state index in [2.05, 4.69) is 15.2 Å². The topological polar surface area (TPSA) is 74.0 Å². The molecule has 6 nitrogen and oxygen atoms in total. The standard InChI is InChI=1S/C12H18ClN5OS/c1-9(19)18-4-2-17(3-5-18)8-15-12(14)16-10-6-11(13)20-7-10/h6-7H,2-5,8H2,1H3,(H3,14,15,16). The number of guanidine groups is 1. The van der Waals surface area contributed by atoms with E-state index < -0.39 is 0 Å². The molecular formula is C12H18ClN5OS. The number of nitrogens with two attached hydrogens (primary N) is 1. The van der Waals surface area contributed by atoms with Crippen LogP contribution >= 0.6 is 22.9 Å². The summed E-state index contributed by atoms with van der Waals surface area (Å²) in [5.41, 5.74) is 6.67. The van der Waals surface area contributed by atoms with Crippen molar-refractivity contribution in [3.8, 4) is 0 Å². The highest BCUT2D eigenvalue weighted by Gasteiger charge is 2.17. The van der Waals surface area contributed by atoms with Crippen LogP contribution in [0.5, 0.6) is 0 Å². The van der Waals surface area contributed by atoms with Crippen LogP contribution in [-0.4, -0.2) is 54.5 Å². The maximum absolute atomic E-state index is 11.2. The van der Waals surface area contributed by atoms with Crippen molar-refractivity contribution in [2.75, 3.05) is 38.2 Å². The summed E-state index contributed by atoms with van der Waals surface area (Å²) in [4.78, 5) is 19.5. The number of hydrogen-bond donors (Lipinski definition) is 2. The molecule has 0 radical (unpaired) electrons. The lowest BCUT2D eigenvalue weighted by atomic mass is 10.3. The number of anilines is 1. The van der Waals surface area contributed by atoms with E-state index in [0.717, 1.165) is 31.9 Å². The summed E-state index contributed by atoms with van der Waals surface area (Å²) in [5.74, 6) is 0.497. The normalized spacial score (nSPS) is 17.3. The second-order valence-corrected chi connectivity index (χ2v) is 6.12. The van der Waals surface area contributed by atoms with Crippen LogP contribution in [0.15, 0.2) is 16.4 Å². The summed E-state index contributed by atoms with van der Waals surface area (Å²) in [6, 6.07) is 1.81. The summed E-state index contributed by atoms with van der Waals surface area (Å²) in [7, 11) is 0. The zero-order valence-electron chi connectivity index (χ0n) is 11.3. The Kier molecular flexibility index (Phi) is 5.22. The molecule has 1 aliphatic rings. The Morgan fingerprint density at radius 1 is 1.50 bits per heavy atom. The summed E-state index contributed by atoms with van der Waals surface area (Å²) in [6.45, 7) is 5.27. The second-order valence-electron chi connectivity index (χ2n) is 4.57. The molecule has 0 saturated carbocycles. The van der Waals surface area contributed by atoms with E-state index >= 15 is 0 Å². The van der Waals surface area contributed by atoms with Gasteiger partial charge in [-0.15, -0.1) is 11.3 Å². The lowest BCUT2D eigenvalue weighted by Crippen LogP contribution is -2.48. The smallest absolute Gasteiger partial charge is 0.219 e. The van der Waals surface area contributed by atoms with E-state index in [-0.39, 0.29) is 5.91 Å². The first-order valence-electron chi connectivity index (χ1n) is 6.33. The molecule has 8 heteroatoms. The molecule has 1 fully saturated rings. The molecule has 1 aromatic rings. The Bertz CT molecular complexity index is 496. The maximum Gasteiger partial charge on any atom is 0.219 e. The minimum atomic E-state index is 0.128. The molecule has 0 aliphatic carbocycles. The van der Waals surface area contributed by atoms with Gasteiger partial charge in [0.05, 0.1) is 16.7 Å². The fourth-order valence-corrected chi connectivity index (χ4v) is 2.76. The zero-order valence-corrected chi connectivity index (χ0v) is 12.9.